The van der Waals surface area contributed by atoms with Crippen LogP contribution in [0, 0.1) is 23.3 Å². The topological polar surface area (TPSA) is 25.2 Å². The van der Waals surface area contributed by atoms with E-state index in [1.54, 1.807) is 12.1 Å². The van der Waals surface area contributed by atoms with E-state index in [-0.39, 0.29) is 6.07 Å². The molecule has 0 aliphatic carbocycles. The standard InChI is InChI=1S/C12H8BrF4NO/c1-5(8-2-3-9(13)19-8)18-12-10(16)6(14)4-7(15)11(12)17/h2-5,18H,1H3. The van der Waals surface area contributed by atoms with Gasteiger partial charge in [-0.05, 0) is 35.0 Å². The van der Waals surface area contributed by atoms with Crippen molar-refractivity contribution < 1.29 is 22.0 Å². The molecule has 102 valence electrons. The summed E-state index contributed by atoms with van der Waals surface area (Å²) in [5.74, 6) is -5.52. The van der Waals surface area contributed by atoms with E-state index in [0.717, 1.165) is 0 Å². The van der Waals surface area contributed by atoms with Gasteiger partial charge in [-0.3, -0.25) is 0 Å². The molecule has 2 rings (SSSR count). The summed E-state index contributed by atoms with van der Waals surface area (Å²) in [6.45, 7) is 1.53. The summed E-state index contributed by atoms with van der Waals surface area (Å²) in [6.07, 6.45) is 0. The molecule has 7 heteroatoms. The first-order chi connectivity index (χ1) is 8.90. The molecule has 0 aliphatic rings. The maximum atomic E-state index is 13.4. The van der Waals surface area contributed by atoms with Crippen molar-refractivity contribution in [3.05, 3.63) is 51.9 Å². The number of benzene rings is 1. The lowest BCUT2D eigenvalue weighted by molar-refractivity contribution is 0.448. The van der Waals surface area contributed by atoms with Gasteiger partial charge in [0, 0.05) is 6.07 Å². The molecule has 1 aromatic heterocycles. The molecule has 0 bridgehead atoms. The Labute approximate surface area is 114 Å². The largest absolute Gasteiger partial charge is 0.452 e. The van der Waals surface area contributed by atoms with Crippen LogP contribution in [0.3, 0.4) is 0 Å². The van der Waals surface area contributed by atoms with Crippen LogP contribution >= 0.6 is 15.9 Å². The van der Waals surface area contributed by atoms with Crippen molar-refractivity contribution in [3.8, 4) is 0 Å². The highest BCUT2D eigenvalue weighted by Crippen LogP contribution is 2.29. The number of furan rings is 1. The van der Waals surface area contributed by atoms with Crippen molar-refractivity contribution in [1.29, 1.82) is 0 Å². The number of anilines is 1. The van der Waals surface area contributed by atoms with Crippen molar-refractivity contribution in [2.45, 2.75) is 13.0 Å². The Kier molecular flexibility index (Phi) is 3.84. The van der Waals surface area contributed by atoms with Crippen LogP contribution in [0.15, 0.2) is 27.3 Å². The molecule has 1 aromatic carbocycles. The average molecular weight is 338 g/mol. The monoisotopic (exact) mass is 337 g/mol. The molecule has 1 atom stereocenters. The fourth-order valence-corrected chi connectivity index (χ4v) is 1.87. The Morgan fingerprint density at radius 1 is 1.11 bits per heavy atom. The lowest BCUT2D eigenvalue weighted by Crippen LogP contribution is -2.11. The van der Waals surface area contributed by atoms with Gasteiger partial charge >= 0.3 is 0 Å². The van der Waals surface area contributed by atoms with Gasteiger partial charge in [0.1, 0.15) is 11.4 Å². The molecule has 0 saturated carbocycles. The summed E-state index contributed by atoms with van der Waals surface area (Å²) in [6, 6.07) is 2.64. The third-order valence-corrected chi connectivity index (χ3v) is 2.92. The van der Waals surface area contributed by atoms with E-state index in [2.05, 4.69) is 21.2 Å². The van der Waals surface area contributed by atoms with Gasteiger partial charge in [-0.1, -0.05) is 0 Å². The lowest BCUT2D eigenvalue weighted by atomic mass is 10.2. The zero-order chi connectivity index (χ0) is 14.2. The summed E-state index contributed by atoms with van der Waals surface area (Å²) in [5.41, 5.74) is -0.863. The van der Waals surface area contributed by atoms with E-state index in [1.165, 1.54) is 6.92 Å². The third-order valence-electron chi connectivity index (χ3n) is 2.49. The Morgan fingerprint density at radius 3 is 2.16 bits per heavy atom. The van der Waals surface area contributed by atoms with Gasteiger partial charge in [0.05, 0.1) is 6.04 Å². The summed E-state index contributed by atoms with van der Waals surface area (Å²) in [5, 5.41) is 2.35. The van der Waals surface area contributed by atoms with Crippen LogP contribution < -0.4 is 5.32 Å². The molecule has 0 aliphatic heterocycles. The predicted molar refractivity (Wildman–Crippen MR) is 64.7 cm³/mol. The number of hydrogen-bond acceptors (Lipinski definition) is 2. The van der Waals surface area contributed by atoms with Crippen LogP contribution in [0.4, 0.5) is 23.2 Å². The molecule has 0 fully saturated rings. The maximum Gasteiger partial charge on any atom is 0.185 e. The minimum Gasteiger partial charge on any atom is -0.452 e. The van der Waals surface area contributed by atoms with Gasteiger partial charge in [-0.15, -0.1) is 0 Å². The average Bonchev–Trinajstić information content (AvgIpc) is 2.79. The van der Waals surface area contributed by atoms with Crippen LogP contribution in [0.25, 0.3) is 0 Å². The van der Waals surface area contributed by atoms with E-state index in [0.29, 0.717) is 10.4 Å². The van der Waals surface area contributed by atoms with E-state index >= 15 is 0 Å². The van der Waals surface area contributed by atoms with E-state index in [9.17, 15) is 17.6 Å². The zero-order valence-electron chi connectivity index (χ0n) is 9.61. The molecule has 0 spiro atoms. The second kappa shape index (κ2) is 5.24. The normalized spacial score (nSPS) is 12.5. The molecule has 0 radical (unpaired) electrons. The van der Waals surface area contributed by atoms with Gasteiger partial charge in [0.25, 0.3) is 0 Å². The first-order valence-corrected chi connectivity index (χ1v) is 6.04. The van der Waals surface area contributed by atoms with Crippen LogP contribution in [0.2, 0.25) is 0 Å². The summed E-state index contributed by atoms with van der Waals surface area (Å²) in [4.78, 5) is 0. The highest BCUT2D eigenvalue weighted by molar-refractivity contribution is 9.10. The van der Waals surface area contributed by atoms with Gasteiger partial charge in [0.15, 0.2) is 27.9 Å². The fourth-order valence-electron chi connectivity index (χ4n) is 1.55. The number of nitrogens with one attached hydrogen (secondary N) is 1. The van der Waals surface area contributed by atoms with Gasteiger partial charge in [-0.2, -0.15) is 0 Å². The minimum absolute atomic E-state index is 0.157. The smallest absolute Gasteiger partial charge is 0.185 e. The van der Waals surface area contributed by atoms with Gasteiger partial charge < -0.3 is 9.73 Å². The molecule has 0 saturated heterocycles. The summed E-state index contributed by atoms with van der Waals surface area (Å²) in [7, 11) is 0. The first kappa shape index (κ1) is 13.9. The predicted octanol–water partition coefficient (Wildman–Crippen LogP) is 4.77. The van der Waals surface area contributed by atoms with E-state index in [1.807, 2.05) is 0 Å². The molecule has 1 N–H and O–H groups in total. The summed E-state index contributed by atoms with van der Waals surface area (Å²) >= 11 is 3.08. The van der Waals surface area contributed by atoms with Crippen LogP contribution in [0.1, 0.15) is 18.7 Å². The quantitative estimate of drug-likeness (QED) is 0.644. The minimum atomic E-state index is -1.48. The molecule has 2 nitrogen and oxygen atoms in total. The van der Waals surface area contributed by atoms with E-state index < -0.39 is 35.0 Å². The van der Waals surface area contributed by atoms with Crippen LogP contribution in [0.5, 0.6) is 0 Å². The Morgan fingerprint density at radius 2 is 1.68 bits per heavy atom. The SMILES string of the molecule is CC(Nc1c(F)c(F)cc(F)c1F)c1ccc(Br)o1. The number of rotatable bonds is 3. The Bertz CT molecular complexity index is 588. The van der Waals surface area contributed by atoms with Crippen molar-refractivity contribution in [2.24, 2.45) is 0 Å². The number of halogens is 5. The Hall–Kier alpha value is -1.50. The van der Waals surface area contributed by atoms with E-state index in [4.69, 9.17) is 4.42 Å². The highest BCUT2D eigenvalue weighted by Gasteiger charge is 2.21. The molecule has 1 unspecified atom stereocenters. The third kappa shape index (κ3) is 2.75. The molecule has 2 aromatic rings. The van der Waals surface area contributed by atoms with Crippen molar-refractivity contribution in [2.75, 3.05) is 5.32 Å². The molecule has 19 heavy (non-hydrogen) atoms. The Balaban J connectivity index is 2.33. The second-order valence-corrected chi connectivity index (χ2v) is 4.63. The highest BCUT2D eigenvalue weighted by atomic mass is 79.9. The van der Waals surface area contributed by atoms with Crippen LogP contribution in [-0.2, 0) is 0 Å². The van der Waals surface area contributed by atoms with Crippen molar-refractivity contribution in [3.63, 3.8) is 0 Å². The first-order valence-electron chi connectivity index (χ1n) is 5.25. The molecule has 0 amide bonds. The zero-order valence-corrected chi connectivity index (χ0v) is 11.2. The van der Waals surface area contributed by atoms with Gasteiger partial charge in [-0.25, -0.2) is 17.6 Å². The van der Waals surface area contributed by atoms with Crippen LogP contribution in [-0.4, -0.2) is 0 Å². The molecular formula is C12H8BrF4NO. The lowest BCUT2D eigenvalue weighted by Gasteiger charge is -2.14. The maximum absolute atomic E-state index is 13.4. The van der Waals surface area contributed by atoms with Crippen molar-refractivity contribution in [1.82, 2.24) is 0 Å². The number of hydrogen-bond donors (Lipinski definition) is 1. The van der Waals surface area contributed by atoms with Crippen molar-refractivity contribution >= 4 is 21.6 Å². The second-order valence-electron chi connectivity index (χ2n) is 3.85. The van der Waals surface area contributed by atoms with Gasteiger partial charge in [0.2, 0.25) is 0 Å². The fraction of sp³-hybridized carbons (Fsp3) is 0.167. The summed E-state index contributed by atoms with van der Waals surface area (Å²) < 4.78 is 58.5. The molecule has 1 heterocycles. The molecular weight excluding hydrogens is 330 g/mol.